The van der Waals surface area contributed by atoms with Gasteiger partial charge in [-0.1, -0.05) is 42.5 Å². The normalized spacial score (nSPS) is 11.9. The molecule has 0 amide bonds. The molecule has 25 heavy (non-hydrogen) atoms. The number of benzene rings is 2. The Morgan fingerprint density at radius 3 is 2.44 bits per heavy atom. The second-order valence-corrected chi connectivity index (χ2v) is 7.84. The lowest BCUT2D eigenvalue weighted by molar-refractivity contribution is 0.404. The van der Waals surface area contributed by atoms with Gasteiger partial charge < -0.3 is 4.98 Å². The molecule has 0 spiro atoms. The van der Waals surface area contributed by atoms with E-state index in [0.29, 0.717) is 29.7 Å². The highest BCUT2D eigenvalue weighted by atomic mass is 32.2. The van der Waals surface area contributed by atoms with E-state index >= 15 is 0 Å². The number of aromatic amines is 1. The van der Waals surface area contributed by atoms with Crippen LogP contribution in [-0.4, -0.2) is 35.5 Å². The quantitative estimate of drug-likeness (QED) is 0.731. The predicted molar refractivity (Wildman–Crippen MR) is 97.8 cm³/mol. The second-order valence-electron chi connectivity index (χ2n) is 5.86. The van der Waals surface area contributed by atoms with Crippen molar-refractivity contribution in [2.75, 3.05) is 12.8 Å². The van der Waals surface area contributed by atoms with Crippen LogP contribution in [0.2, 0.25) is 0 Å². The fourth-order valence-electron chi connectivity index (χ4n) is 2.64. The topological polar surface area (TPSA) is 83.1 Å². The lowest BCUT2D eigenvalue weighted by Crippen LogP contribution is -2.33. The van der Waals surface area contributed by atoms with Crippen molar-refractivity contribution < 1.29 is 8.42 Å². The number of H-pyrrole nitrogens is 1. The summed E-state index contributed by atoms with van der Waals surface area (Å²) in [4.78, 5) is 19.2. The summed E-state index contributed by atoms with van der Waals surface area (Å²) in [7, 11) is -3.43. The van der Waals surface area contributed by atoms with E-state index in [1.165, 1.54) is 4.31 Å². The van der Waals surface area contributed by atoms with Gasteiger partial charge in [0.05, 0.1) is 23.7 Å². The Balaban J connectivity index is 1.84. The molecule has 3 aromatic rings. The Morgan fingerprint density at radius 2 is 1.72 bits per heavy atom. The molecule has 1 aromatic heterocycles. The van der Waals surface area contributed by atoms with Gasteiger partial charge in [0.25, 0.3) is 5.56 Å². The maximum Gasteiger partial charge on any atom is 0.258 e. The van der Waals surface area contributed by atoms with Gasteiger partial charge in [0.15, 0.2) is 0 Å². The maximum atomic E-state index is 12.1. The smallest absolute Gasteiger partial charge is 0.258 e. The largest absolute Gasteiger partial charge is 0.309 e. The molecule has 2 aromatic carbocycles. The average Bonchev–Trinajstić information content (AvgIpc) is 2.58. The molecule has 0 fully saturated rings. The average molecular weight is 357 g/mol. The predicted octanol–water partition coefficient (Wildman–Crippen LogP) is 1.93. The first kappa shape index (κ1) is 17.3. The van der Waals surface area contributed by atoms with Gasteiger partial charge in [-0.2, -0.15) is 4.31 Å². The van der Waals surface area contributed by atoms with E-state index in [1.807, 2.05) is 30.3 Å². The molecule has 1 N–H and O–H groups in total. The molecule has 3 rings (SSSR count). The summed E-state index contributed by atoms with van der Waals surface area (Å²) in [5, 5.41) is 0.487. The van der Waals surface area contributed by atoms with E-state index < -0.39 is 10.0 Å². The first-order valence-electron chi connectivity index (χ1n) is 7.90. The van der Waals surface area contributed by atoms with Crippen LogP contribution < -0.4 is 5.56 Å². The molecule has 0 atom stereocenters. The zero-order valence-corrected chi connectivity index (χ0v) is 14.7. The molecular formula is C18H19N3O3S. The number of para-hydroxylation sites is 1. The number of fused-ring (bicyclic) bond motifs is 1. The number of nitrogens with zero attached hydrogens (tertiary/aromatic N) is 2. The van der Waals surface area contributed by atoms with Crippen LogP contribution in [0.3, 0.4) is 0 Å². The summed E-state index contributed by atoms with van der Waals surface area (Å²) < 4.78 is 25.5. The minimum Gasteiger partial charge on any atom is -0.309 e. The van der Waals surface area contributed by atoms with Gasteiger partial charge in [0.2, 0.25) is 10.0 Å². The lowest BCUT2D eigenvalue weighted by atomic mass is 10.1. The fraction of sp³-hybridized carbons (Fsp3) is 0.222. The van der Waals surface area contributed by atoms with E-state index in [9.17, 15) is 13.2 Å². The molecule has 130 valence electrons. The maximum absolute atomic E-state index is 12.1. The minimum absolute atomic E-state index is 0.0335. The van der Waals surface area contributed by atoms with Gasteiger partial charge >= 0.3 is 0 Å². The third-order valence-electron chi connectivity index (χ3n) is 3.95. The zero-order chi connectivity index (χ0) is 17.9. The van der Waals surface area contributed by atoms with Gasteiger partial charge in [0, 0.05) is 6.54 Å². The Hall–Kier alpha value is -2.51. The molecular weight excluding hydrogens is 338 g/mol. The molecule has 6 nitrogen and oxygen atoms in total. The molecule has 0 unspecified atom stereocenters. The van der Waals surface area contributed by atoms with Crippen molar-refractivity contribution in [2.24, 2.45) is 0 Å². The van der Waals surface area contributed by atoms with Crippen molar-refractivity contribution in [3.05, 3.63) is 76.3 Å². The van der Waals surface area contributed by atoms with Crippen molar-refractivity contribution in [3.8, 4) is 0 Å². The van der Waals surface area contributed by atoms with Crippen LogP contribution in [0.4, 0.5) is 0 Å². The SMILES string of the molecule is CS(=O)(=O)N(CCc1ccccc1)Cc1nc2ccccc2c(=O)[nH]1. The number of sulfonamides is 1. The highest BCUT2D eigenvalue weighted by molar-refractivity contribution is 7.88. The fourth-order valence-corrected chi connectivity index (χ4v) is 3.42. The van der Waals surface area contributed by atoms with Crippen LogP contribution in [-0.2, 0) is 23.0 Å². The number of rotatable bonds is 6. The van der Waals surface area contributed by atoms with E-state index in [2.05, 4.69) is 9.97 Å². The third-order valence-corrected chi connectivity index (χ3v) is 5.20. The van der Waals surface area contributed by atoms with Crippen LogP contribution >= 0.6 is 0 Å². The van der Waals surface area contributed by atoms with E-state index in [0.717, 1.165) is 11.8 Å². The van der Waals surface area contributed by atoms with Crippen LogP contribution in [0.1, 0.15) is 11.4 Å². The van der Waals surface area contributed by atoms with E-state index in [4.69, 9.17) is 0 Å². The van der Waals surface area contributed by atoms with Gasteiger partial charge in [-0.25, -0.2) is 13.4 Å². The summed E-state index contributed by atoms with van der Waals surface area (Å²) in [5.41, 5.74) is 1.34. The summed E-state index contributed by atoms with van der Waals surface area (Å²) in [6, 6.07) is 16.7. The van der Waals surface area contributed by atoms with Crippen LogP contribution in [0.15, 0.2) is 59.4 Å². The molecule has 7 heteroatoms. The van der Waals surface area contributed by atoms with Crippen molar-refractivity contribution in [2.45, 2.75) is 13.0 Å². The Morgan fingerprint density at radius 1 is 1.04 bits per heavy atom. The zero-order valence-electron chi connectivity index (χ0n) is 13.8. The van der Waals surface area contributed by atoms with Crippen molar-refractivity contribution in [1.82, 2.24) is 14.3 Å². The first-order valence-corrected chi connectivity index (χ1v) is 9.75. The van der Waals surface area contributed by atoms with Crippen LogP contribution in [0.5, 0.6) is 0 Å². The first-order chi connectivity index (χ1) is 11.9. The molecule has 0 saturated heterocycles. The van der Waals surface area contributed by atoms with Gasteiger partial charge in [-0.15, -0.1) is 0 Å². The number of nitrogens with one attached hydrogen (secondary N) is 1. The van der Waals surface area contributed by atoms with Crippen LogP contribution in [0, 0.1) is 0 Å². The summed E-state index contributed by atoms with van der Waals surface area (Å²) >= 11 is 0. The number of aromatic nitrogens is 2. The van der Waals surface area contributed by atoms with Crippen molar-refractivity contribution in [3.63, 3.8) is 0 Å². The summed E-state index contributed by atoms with van der Waals surface area (Å²) in [6.45, 7) is 0.352. The Labute approximate surface area is 146 Å². The molecule has 0 aliphatic carbocycles. The standard InChI is InChI=1S/C18H19N3O3S/c1-25(23,24)21(12-11-14-7-3-2-4-8-14)13-17-19-16-10-6-5-9-15(16)18(22)20-17/h2-10H,11-13H2,1H3,(H,19,20,22). The molecule has 0 aliphatic heterocycles. The Bertz CT molecular complexity index is 1030. The molecule has 0 radical (unpaired) electrons. The number of hydrogen-bond donors (Lipinski definition) is 1. The second kappa shape index (κ2) is 7.16. The van der Waals surface area contributed by atoms with Crippen LogP contribution in [0.25, 0.3) is 10.9 Å². The molecule has 1 heterocycles. The summed E-state index contributed by atoms with van der Waals surface area (Å²) in [6.07, 6.45) is 1.75. The third kappa shape index (κ3) is 4.32. The highest BCUT2D eigenvalue weighted by Crippen LogP contribution is 2.10. The minimum atomic E-state index is -3.43. The Kier molecular flexibility index (Phi) is 4.96. The van der Waals surface area contributed by atoms with E-state index in [-0.39, 0.29) is 12.1 Å². The lowest BCUT2D eigenvalue weighted by Gasteiger charge is -2.19. The molecule has 0 aliphatic rings. The highest BCUT2D eigenvalue weighted by Gasteiger charge is 2.18. The number of hydrogen-bond acceptors (Lipinski definition) is 4. The van der Waals surface area contributed by atoms with Crippen molar-refractivity contribution >= 4 is 20.9 Å². The van der Waals surface area contributed by atoms with E-state index in [1.54, 1.807) is 24.3 Å². The van der Waals surface area contributed by atoms with Gasteiger partial charge in [0.1, 0.15) is 5.82 Å². The van der Waals surface area contributed by atoms with Gasteiger partial charge in [-0.3, -0.25) is 4.79 Å². The van der Waals surface area contributed by atoms with Crippen molar-refractivity contribution in [1.29, 1.82) is 0 Å². The molecule has 0 bridgehead atoms. The molecule has 0 saturated carbocycles. The monoisotopic (exact) mass is 357 g/mol. The van der Waals surface area contributed by atoms with Gasteiger partial charge in [-0.05, 0) is 24.1 Å². The summed E-state index contributed by atoms with van der Waals surface area (Å²) in [5.74, 6) is 0.335.